The minimum absolute atomic E-state index is 1.19. The fraction of sp³-hybridized carbons (Fsp3) is 0.0370. The second-order valence-corrected chi connectivity index (χ2v) is 7.14. The summed E-state index contributed by atoms with van der Waals surface area (Å²) in [5.74, 6) is 0. The number of anilines is 2. The van der Waals surface area contributed by atoms with Gasteiger partial charge >= 0.3 is 0 Å². The Balaban J connectivity index is 1.73. The van der Waals surface area contributed by atoms with Crippen molar-refractivity contribution in [2.45, 2.75) is 0 Å². The molecule has 0 saturated heterocycles. The van der Waals surface area contributed by atoms with Crippen molar-refractivity contribution in [3.8, 4) is 11.1 Å². The summed E-state index contributed by atoms with van der Waals surface area (Å²) in [4.78, 5) is 2.29. The van der Waals surface area contributed by atoms with Crippen molar-refractivity contribution in [3.05, 3.63) is 109 Å². The standard InChI is InChI=1S/C27H21N/c1-28(24-17-15-20-9-5-6-13-23(20)19-24)26-18-16-21-10-7-8-14-25(21)27(26)22-11-3-2-4-12-22/h2-19H,1H3. The molecule has 0 unspecified atom stereocenters. The van der Waals surface area contributed by atoms with Gasteiger partial charge in [0.15, 0.2) is 0 Å². The van der Waals surface area contributed by atoms with Crippen LogP contribution in [0.25, 0.3) is 32.7 Å². The molecule has 0 saturated carbocycles. The average Bonchev–Trinajstić information content (AvgIpc) is 2.78. The van der Waals surface area contributed by atoms with Crippen molar-refractivity contribution < 1.29 is 0 Å². The van der Waals surface area contributed by atoms with Gasteiger partial charge in [0.05, 0.1) is 0 Å². The van der Waals surface area contributed by atoms with E-state index < -0.39 is 0 Å². The quantitative estimate of drug-likeness (QED) is 0.324. The number of rotatable bonds is 3. The Labute approximate surface area is 165 Å². The fourth-order valence-corrected chi connectivity index (χ4v) is 3.97. The zero-order chi connectivity index (χ0) is 18.9. The van der Waals surface area contributed by atoms with Crippen LogP contribution in [0.4, 0.5) is 11.4 Å². The van der Waals surface area contributed by atoms with Crippen LogP contribution in [0.2, 0.25) is 0 Å². The van der Waals surface area contributed by atoms with Crippen molar-refractivity contribution in [1.29, 1.82) is 0 Å². The Morgan fingerprint density at radius 1 is 0.536 bits per heavy atom. The molecular formula is C27H21N. The predicted octanol–water partition coefficient (Wildman–Crippen LogP) is 7.43. The SMILES string of the molecule is CN(c1ccc2ccccc2c1)c1ccc2ccccc2c1-c1ccccc1. The molecule has 0 aromatic heterocycles. The first kappa shape index (κ1) is 16.6. The van der Waals surface area contributed by atoms with E-state index in [1.165, 1.54) is 44.0 Å². The number of nitrogens with zero attached hydrogens (tertiary/aromatic N) is 1. The maximum atomic E-state index is 2.29. The molecule has 5 aromatic carbocycles. The molecule has 1 heteroatoms. The molecule has 1 nitrogen and oxygen atoms in total. The Morgan fingerprint density at radius 3 is 2.00 bits per heavy atom. The van der Waals surface area contributed by atoms with Crippen LogP contribution in [0.15, 0.2) is 109 Å². The van der Waals surface area contributed by atoms with Gasteiger partial charge in [-0.2, -0.15) is 0 Å². The highest BCUT2D eigenvalue weighted by atomic mass is 15.1. The zero-order valence-corrected chi connectivity index (χ0v) is 15.8. The maximum absolute atomic E-state index is 2.29. The smallest absolute Gasteiger partial charge is 0.0494 e. The molecule has 0 fully saturated rings. The van der Waals surface area contributed by atoms with E-state index in [1.807, 2.05) is 0 Å². The summed E-state index contributed by atoms with van der Waals surface area (Å²) in [6.07, 6.45) is 0. The Hall–Kier alpha value is -3.58. The largest absolute Gasteiger partial charge is 0.344 e. The summed E-state index contributed by atoms with van der Waals surface area (Å²) in [6, 6.07) is 38.9. The summed E-state index contributed by atoms with van der Waals surface area (Å²) >= 11 is 0. The molecule has 0 aliphatic rings. The van der Waals surface area contributed by atoms with E-state index >= 15 is 0 Å². The summed E-state index contributed by atoms with van der Waals surface area (Å²) < 4.78 is 0. The highest BCUT2D eigenvalue weighted by molar-refractivity contribution is 6.04. The van der Waals surface area contributed by atoms with E-state index in [2.05, 4.69) is 121 Å². The highest BCUT2D eigenvalue weighted by Gasteiger charge is 2.14. The normalized spacial score (nSPS) is 11.0. The predicted molar refractivity (Wildman–Crippen MR) is 121 cm³/mol. The number of benzene rings is 5. The van der Waals surface area contributed by atoms with Crippen molar-refractivity contribution >= 4 is 32.9 Å². The van der Waals surface area contributed by atoms with Crippen LogP contribution in [0, 0.1) is 0 Å². The van der Waals surface area contributed by atoms with Gasteiger partial charge in [0, 0.05) is 24.0 Å². The van der Waals surface area contributed by atoms with Gasteiger partial charge in [0.1, 0.15) is 0 Å². The summed E-state index contributed by atoms with van der Waals surface area (Å²) in [5, 5.41) is 5.06. The minimum atomic E-state index is 1.19. The lowest BCUT2D eigenvalue weighted by Gasteiger charge is -2.24. The van der Waals surface area contributed by atoms with E-state index in [4.69, 9.17) is 0 Å². The molecule has 0 radical (unpaired) electrons. The summed E-state index contributed by atoms with van der Waals surface area (Å²) in [6.45, 7) is 0. The Bertz CT molecular complexity index is 1270. The lowest BCUT2D eigenvalue weighted by Crippen LogP contribution is -2.10. The Kier molecular flexibility index (Phi) is 4.06. The molecule has 0 atom stereocenters. The van der Waals surface area contributed by atoms with Gasteiger partial charge in [-0.25, -0.2) is 0 Å². The monoisotopic (exact) mass is 359 g/mol. The van der Waals surface area contributed by atoms with E-state index in [9.17, 15) is 0 Å². The van der Waals surface area contributed by atoms with Gasteiger partial charge in [-0.05, 0) is 45.3 Å². The summed E-state index contributed by atoms with van der Waals surface area (Å²) in [7, 11) is 2.15. The molecule has 0 N–H and O–H groups in total. The third kappa shape index (κ3) is 2.82. The van der Waals surface area contributed by atoms with Crippen molar-refractivity contribution in [3.63, 3.8) is 0 Å². The van der Waals surface area contributed by atoms with Crippen molar-refractivity contribution in [2.24, 2.45) is 0 Å². The highest BCUT2D eigenvalue weighted by Crippen LogP contribution is 2.40. The van der Waals surface area contributed by atoms with Gasteiger partial charge in [-0.3, -0.25) is 0 Å². The van der Waals surface area contributed by atoms with Crippen molar-refractivity contribution in [1.82, 2.24) is 0 Å². The second-order valence-electron chi connectivity index (χ2n) is 7.14. The van der Waals surface area contributed by atoms with Gasteiger partial charge in [0.2, 0.25) is 0 Å². The van der Waals surface area contributed by atoms with Gasteiger partial charge < -0.3 is 4.90 Å². The maximum Gasteiger partial charge on any atom is 0.0494 e. The number of fused-ring (bicyclic) bond motifs is 2. The fourth-order valence-electron chi connectivity index (χ4n) is 3.97. The van der Waals surface area contributed by atoms with Crippen LogP contribution < -0.4 is 4.90 Å². The minimum Gasteiger partial charge on any atom is -0.344 e. The van der Waals surface area contributed by atoms with Crippen LogP contribution in [-0.2, 0) is 0 Å². The molecule has 0 heterocycles. The van der Waals surface area contributed by atoms with Crippen LogP contribution in [0.5, 0.6) is 0 Å². The molecule has 5 aromatic rings. The van der Waals surface area contributed by atoms with Crippen molar-refractivity contribution in [2.75, 3.05) is 11.9 Å². The van der Waals surface area contributed by atoms with Crippen LogP contribution in [0.3, 0.4) is 0 Å². The van der Waals surface area contributed by atoms with Crippen LogP contribution >= 0.6 is 0 Å². The Morgan fingerprint density at radius 2 is 1.18 bits per heavy atom. The molecule has 134 valence electrons. The molecule has 0 amide bonds. The first-order chi connectivity index (χ1) is 13.8. The molecule has 5 rings (SSSR count). The van der Waals surface area contributed by atoms with E-state index in [-0.39, 0.29) is 0 Å². The molecule has 28 heavy (non-hydrogen) atoms. The number of hydrogen-bond acceptors (Lipinski definition) is 1. The van der Waals surface area contributed by atoms with Crippen LogP contribution in [0.1, 0.15) is 0 Å². The van der Waals surface area contributed by atoms with E-state index in [1.54, 1.807) is 0 Å². The first-order valence-corrected chi connectivity index (χ1v) is 9.61. The second kappa shape index (κ2) is 6.86. The molecular weight excluding hydrogens is 338 g/mol. The molecule has 0 aliphatic carbocycles. The first-order valence-electron chi connectivity index (χ1n) is 9.61. The molecule has 0 spiro atoms. The van der Waals surface area contributed by atoms with E-state index in [0.29, 0.717) is 0 Å². The number of hydrogen-bond donors (Lipinski definition) is 0. The van der Waals surface area contributed by atoms with Gasteiger partial charge in [-0.1, -0.05) is 91.0 Å². The molecule has 0 aliphatic heterocycles. The lowest BCUT2D eigenvalue weighted by atomic mass is 9.95. The van der Waals surface area contributed by atoms with Gasteiger partial charge in [-0.15, -0.1) is 0 Å². The molecule has 0 bridgehead atoms. The summed E-state index contributed by atoms with van der Waals surface area (Å²) in [5.41, 5.74) is 4.91. The third-order valence-electron chi connectivity index (χ3n) is 5.45. The lowest BCUT2D eigenvalue weighted by molar-refractivity contribution is 1.22. The topological polar surface area (TPSA) is 3.24 Å². The average molecular weight is 359 g/mol. The third-order valence-corrected chi connectivity index (χ3v) is 5.45. The van der Waals surface area contributed by atoms with Crippen LogP contribution in [-0.4, -0.2) is 7.05 Å². The van der Waals surface area contributed by atoms with Gasteiger partial charge in [0.25, 0.3) is 0 Å². The zero-order valence-electron chi connectivity index (χ0n) is 15.8. The van der Waals surface area contributed by atoms with E-state index in [0.717, 1.165) is 0 Å².